The number of aromatic nitrogens is 2. The molecule has 33 heavy (non-hydrogen) atoms. The fourth-order valence-corrected chi connectivity index (χ4v) is 4.32. The smallest absolute Gasteiger partial charge is 0.256 e. The first-order valence-electron chi connectivity index (χ1n) is 10.6. The van der Waals surface area contributed by atoms with E-state index < -0.39 is 6.04 Å². The molecule has 1 saturated heterocycles. The number of hydrogen-bond acceptors (Lipinski definition) is 4. The summed E-state index contributed by atoms with van der Waals surface area (Å²) >= 11 is 11.7. The van der Waals surface area contributed by atoms with Crippen LogP contribution >= 0.6 is 23.8 Å². The van der Waals surface area contributed by atoms with E-state index in [-0.39, 0.29) is 18.2 Å². The van der Waals surface area contributed by atoms with Crippen molar-refractivity contribution in [2.24, 2.45) is 0 Å². The molecule has 1 aliphatic rings. The van der Waals surface area contributed by atoms with E-state index in [0.29, 0.717) is 28.1 Å². The monoisotopic (exact) mass is 481 g/mol. The van der Waals surface area contributed by atoms with E-state index in [2.05, 4.69) is 10.4 Å². The number of hydrogen-bond donors (Lipinski definition) is 1. The van der Waals surface area contributed by atoms with Crippen LogP contribution in [0.4, 0.5) is 11.4 Å². The summed E-state index contributed by atoms with van der Waals surface area (Å²) in [7, 11) is 0. The molecule has 2 amide bonds. The zero-order valence-electron chi connectivity index (χ0n) is 18.4. The van der Waals surface area contributed by atoms with Gasteiger partial charge in [-0.1, -0.05) is 23.7 Å². The highest BCUT2D eigenvalue weighted by atomic mass is 35.5. The number of rotatable bonds is 7. The minimum atomic E-state index is -0.733. The number of benzene rings is 2. The molecule has 3 aromatic rings. The van der Waals surface area contributed by atoms with Gasteiger partial charge in [-0.15, -0.1) is 0 Å². The molecule has 1 fully saturated rings. The van der Waals surface area contributed by atoms with E-state index in [1.807, 2.05) is 49.0 Å². The predicted molar refractivity (Wildman–Crippen MR) is 133 cm³/mol. The van der Waals surface area contributed by atoms with Gasteiger partial charge >= 0.3 is 0 Å². The summed E-state index contributed by atoms with van der Waals surface area (Å²) in [6, 6.07) is 13.7. The Kier molecular flexibility index (Phi) is 6.76. The van der Waals surface area contributed by atoms with Crippen molar-refractivity contribution >= 4 is 52.1 Å². The maximum Gasteiger partial charge on any atom is 0.256 e. The molecule has 0 spiro atoms. The van der Waals surface area contributed by atoms with Crippen LogP contribution < -0.4 is 10.2 Å². The second kappa shape index (κ2) is 9.72. The summed E-state index contributed by atoms with van der Waals surface area (Å²) in [5.41, 5.74) is 3.26. The highest BCUT2D eigenvalue weighted by molar-refractivity contribution is 7.80. The Bertz CT molecular complexity index is 1190. The molecule has 2 aromatic carbocycles. The largest absolute Gasteiger partial charge is 0.331 e. The molecule has 0 unspecified atom stereocenters. The van der Waals surface area contributed by atoms with Gasteiger partial charge in [-0.3, -0.25) is 19.2 Å². The van der Waals surface area contributed by atoms with Crippen molar-refractivity contribution in [1.29, 1.82) is 0 Å². The van der Waals surface area contributed by atoms with Gasteiger partial charge in [-0.25, -0.2) is 0 Å². The van der Waals surface area contributed by atoms with Crippen LogP contribution in [0, 0.1) is 6.92 Å². The number of aryl methyl sites for hydroxylation is 2. The van der Waals surface area contributed by atoms with Crippen LogP contribution in [0.2, 0.25) is 5.02 Å². The second-order valence-corrected chi connectivity index (χ2v) is 8.70. The Morgan fingerprint density at radius 1 is 1.21 bits per heavy atom. The molecule has 2 heterocycles. The van der Waals surface area contributed by atoms with Crippen LogP contribution in [0.25, 0.3) is 0 Å². The summed E-state index contributed by atoms with van der Waals surface area (Å²) in [4.78, 5) is 29.6. The summed E-state index contributed by atoms with van der Waals surface area (Å²) < 4.78 is 1.81. The fourth-order valence-electron chi connectivity index (χ4n) is 3.81. The first-order chi connectivity index (χ1) is 15.9. The van der Waals surface area contributed by atoms with E-state index in [4.69, 9.17) is 23.8 Å². The van der Waals surface area contributed by atoms with Crippen molar-refractivity contribution in [2.75, 3.05) is 10.2 Å². The average molecular weight is 482 g/mol. The summed E-state index contributed by atoms with van der Waals surface area (Å²) in [5.74, 6) is -0.501. The van der Waals surface area contributed by atoms with Crippen LogP contribution in [0.5, 0.6) is 0 Å². The number of carbonyl (C=O) groups excluding carboxylic acids is 2. The lowest BCUT2D eigenvalue weighted by atomic mass is 10.1. The molecule has 4 rings (SSSR count). The molecule has 0 bridgehead atoms. The van der Waals surface area contributed by atoms with Crippen LogP contribution in [0.3, 0.4) is 0 Å². The van der Waals surface area contributed by atoms with Gasteiger partial charge in [0.25, 0.3) is 5.91 Å². The predicted octanol–water partition coefficient (Wildman–Crippen LogP) is 4.40. The topological polar surface area (TPSA) is 70.5 Å². The lowest BCUT2D eigenvalue weighted by Gasteiger charge is -2.23. The molecule has 1 aliphatic heterocycles. The average Bonchev–Trinajstić information content (AvgIpc) is 3.33. The zero-order chi connectivity index (χ0) is 23.5. The summed E-state index contributed by atoms with van der Waals surface area (Å²) in [5, 5.41) is 8.11. The SMILES string of the molecule is CCn1cc(CN2C(=S)N(c3ccc(Cl)cc3)C(=O)[C@@H]2CC(=O)Nc2cccc(C)c2)cn1. The third kappa shape index (κ3) is 5.07. The standard InChI is InChI=1S/C24H24ClN5O2S/c1-3-28-14-17(13-26-28)15-29-21(12-22(31)27-19-6-4-5-16(2)11-19)23(32)30(24(29)33)20-9-7-18(25)8-10-20/h4-11,13-14,21H,3,12,15H2,1-2H3,(H,27,31)/t21-/m0/s1. The van der Waals surface area contributed by atoms with E-state index >= 15 is 0 Å². The Morgan fingerprint density at radius 3 is 2.64 bits per heavy atom. The number of thiocarbonyl (C=S) groups is 1. The van der Waals surface area contributed by atoms with E-state index in [0.717, 1.165) is 17.7 Å². The van der Waals surface area contributed by atoms with Crippen molar-refractivity contribution in [2.45, 2.75) is 39.4 Å². The zero-order valence-corrected chi connectivity index (χ0v) is 19.9. The number of anilines is 2. The minimum absolute atomic E-state index is 0.0288. The van der Waals surface area contributed by atoms with Crippen LogP contribution in [0.15, 0.2) is 60.9 Å². The molecular formula is C24H24ClN5O2S. The molecular weight excluding hydrogens is 458 g/mol. The highest BCUT2D eigenvalue weighted by Gasteiger charge is 2.44. The van der Waals surface area contributed by atoms with Crippen LogP contribution in [-0.4, -0.2) is 37.6 Å². The number of nitrogens with one attached hydrogen (secondary N) is 1. The summed E-state index contributed by atoms with van der Waals surface area (Å²) in [6.07, 6.45) is 3.65. The second-order valence-electron chi connectivity index (χ2n) is 7.90. The molecule has 9 heteroatoms. The maximum absolute atomic E-state index is 13.5. The Balaban J connectivity index is 1.59. The Morgan fingerprint density at radius 2 is 1.97 bits per heavy atom. The number of amides is 2. The molecule has 1 atom stereocenters. The lowest BCUT2D eigenvalue weighted by molar-refractivity contribution is -0.124. The van der Waals surface area contributed by atoms with Crippen molar-refractivity contribution in [1.82, 2.24) is 14.7 Å². The van der Waals surface area contributed by atoms with Crippen molar-refractivity contribution in [3.8, 4) is 0 Å². The summed E-state index contributed by atoms with van der Waals surface area (Å²) in [6.45, 7) is 5.07. The molecule has 1 aromatic heterocycles. The Hall–Kier alpha value is -3.23. The lowest BCUT2D eigenvalue weighted by Crippen LogP contribution is -2.37. The number of nitrogens with zero attached hydrogens (tertiary/aromatic N) is 4. The molecule has 170 valence electrons. The molecule has 0 saturated carbocycles. The minimum Gasteiger partial charge on any atom is -0.331 e. The molecule has 1 N–H and O–H groups in total. The van der Waals surface area contributed by atoms with Gasteiger partial charge in [0.1, 0.15) is 6.04 Å². The van der Waals surface area contributed by atoms with Crippen LogP contribution in [-0.2, 0) is 22.7 Å². The quantitative estimate of drug-likeness (QED) is 0.506. The molecule has 0 aliphatic carbocycles. The van der Waals surface area contributed by atoms with Crippen molar-refractivity contribution in [3.05, 3.63) is 77.1 Å². The van der Waals surface area contributed by atoms with Gasteiger partial charge in [-0.05, 0) is 68.0 Å². The normalized spacial score (nSPS) is 15.9. The third-order valence-corrected chi connectivity index (χ3v) is 6.12. The molecule has 0 radical (unpaired) electrons. The van der Waals surface area contributed by atoms with E-state index in [9.17, 15) is 9.59 Å². The highest BCUT2D eigenvalue weighted by Crippen LogP contribution is 2.29. The maximum atomic E-state index is 13.5. The van der Waals surface area contributed by atoms with Gasteiger partial charge in [0.05, 0.1) is 18.3 Å². The van der Waals surface area contributed by atoms with E-state index in [1.54, 1.807) is 35.4 Å². The van der Waals surface area contributed by atoms with E-state index in [1.165, 1.54) is 4.90 Å². The van der Waals surface area contributed by atoms with Gasteiger partial charge in [-0.2, -0.15) is 5.10 Å². The van der Waals surface area contributed by atoms with Crippen LogP contribution in [0.1, 0.15) is 24.5 Å². The fraction of sp³-hybridized carbons (Fsp3) is 0.250. The number of halogens is 1. The first kappa shape index (κ1) is 22.9. The van der Waals surface area contributed by atoms with Gasteiger partial charge in [0.15, 0.2) is 5.11 Å². The van der Waals surface area contributed by atoms with Gasteiger partial charge in [0.2, 0.25) is 5.91 Å². The molecule has 7 nitrogen and oxygen atoms in total. The Labute approximate surface area is 202 Å². The number of carbonyl (C=O) groups is 2. The van der Waals surface area contributed by atoms with Gasteiger partial charge < -0.3 is 10.2 Å². The first-order valence-corrected chi connectivity index (χ1v) is 11.4. The van der Waals surface area contributed by atoms with Crippen molar-refractivity contribution < 1.29 is 9.59 Å². The third-order valence-electron chi connectivity index (χ3n) is 5.45. The van der Waals surface area contributed by atoms with Crippen molar-refractivity contribution in [3.63, 3.8) is 0 Å². The van der Waals surface area contributed by atoms with Gasteiger partial charge in [0, 0.05) is 35.6 Å².